The molecule has 0 heterocycles. The Morgan fingerprint density at radius 2 is 1.71 bits per heavy atom. The maximum Gasteiger partial charge on any atom is 0.428 e. The third kappa shape index (κ3) is 5.77. The third-order valence-electron chi connectivity index (χ3n) is 7.27. The Balaban J connectivity index is 2.08. The van der Waals surface area contributed by atoms with Gasteiger partial charge in [-0.25, -0.2) is 13.2 Å². The van der Waals surface area contributed by atoms with Crippen LogP contribution >= 0.6 is 34.2 Å². The first-order chi connectivity index (χ1) is 14.2. The highest BCUT2D eigenvalue weighted by Gasteiger charge is 2.72. The van der Waals surface area contributed by atoms with Crippen molar-refractivity contribution in [3.63, 3.8) is 0 Å². The number of hydrogen-bond acceptors (Lipinski definition) is 3. The zero-order valence-electron chi connectivity index (χ0n) is 17.6. The fourth-order valence-corrected chi connectivity index (χ4v) is 7.00. The standard InChI is InChI=1S/C20H32ClF6IN2O/c1-10-5-14(19(24,18(2,22)23)20(25,26)27)7-15(21)16(10)30-17(31)11-3-4-12(9-29)13(6-11)8-28/h10-17,30-31H,3-9,29H2,1-2H3/t10-,11?,12?,13+,14?,15?,16?,17?,19?/m0/s1. The first-order valence-corrected chi connectivity index (χ1v) is 12.6. The predicted octanol–water partition coefficient (Wildman–Crippen LogP) is 5.27. The summed E-state index contributed by atoms with van der Waals surface area (Å²) < 4.78 is 83.4. The van der Waals surface area contributed by atoms with E-state index in [1.165, 1.54) is 0 Å². The van der Waals surface area contributed by atoms with Crippen LogP contribution in [0.1, 0.15) is 46.0 Å². The van der Waals surface area contributed by atoms with Crippen molar-refractivity contribution in [2.24, 2.45) is 35.3 Å². The molecule has 2 fully saturated rings. The molecule has 2 rings (SSSR count). The lowest BCUT2D eigenvalue weighted by Gasteiger charge is -2.47. The van der Waals surface area contributed by atoms with Crippen LogP contribution in [0.25, 0.3) is 0 Å². The second kappa shape index (κ2) is 10.4. The average Bonchev–Trinajstić information content (AvgIpc) is 2.67. The quantitative estimate of drug-likeness (QED) is 0.164. The minimum absolute atomic E-state index is 0.0380. The highest BCUT2D eigenvalue weighted by molar-refractivity contribution is 14.1. The summed E-state index contributed by atoms with van der Waals surface area (Å²) >= 11 is 8.59. The predicted molar refractivity (Wildman–Crippen MR) is 117 cm³/mol. The Hall–Kier alpha value is 0.480. The molecule has 0 aliphatic heterocycles. The Morgan fingerprint density at radius 3 is 2.16 bits per heavy atom. The van der Waals surface area contributed by atoms with Crippen LogP contribution in [0, 0.1) is 29.6 Å². The Labute approximate surface area is 198 Å². The van der Waals surface area contributed by atoms with E-state index in [1.807, 2.05) is 0 Å². The van der Waals surface area contributed by atoms with Crippen molar-refractivity contribution in [2.75, 3.05) is 11.0 Å². The van der Waals surface area contributed by atoms with E-state index in [1.54, 1.807) is 6.92 Å². The van der Waals surface area contributed by atoms with Crippen molar-refractivity contribution in [1.29, 1.82) is 0 Å². The van der Waals surface area contributed by atoms with Gasteiger partial charge in [-0.05, 0) is 62.3 Å². The molecule has 0 aromatic rings. The summed E-state index contributed by atoms with van der Waals surface area (Å²) in [6.07, 6.45) is -5.23. The lowest BCUT2D eigenvalue weighted by molar-refractivity contribution is -0.319. The first-order valence-electron chi connectivity index (χ1n) is 10.6. The van der Waals surface area contributed by atoms with Crippen molar-refractivity contribution in [3.8, 4) is 0 Å². The summed E-state index contributed by atoms with van der Waals surface area (Å²) in [5.74, 6) is -6.49. The molecule has 2 aliphatic carbocycles. The van der Waals surface area contributed by atoms with Gasteiger partial charge >= 0.3 is 6.18 Å². The summed E-state index contributed by atoms with van der Waals surface area (Å²) in [6.45, 7) is 2.10. The minimum Gasteiger partial charge on any atom is -0.378 e. The average molecular weight is 593 g/mol. The molecule has 0 saturated heterocycles. The fraction of sp³-hybridized carbons (Fsp3) is 1.00. The van der Waals surface area contributed by atoms with Gasteiger partial charge in [-0.1, -0.05) is 29.5 Å². The van der Waals surface area contributed by atoms with Crippen molar-refractivity contribution in [3.05, 3.63) is 0 Å². The molecule has 7 unspecified atom stereocenters. The SMILES string of the molecule is C[C@H]1CC(C(F)(C(C)(F)F)C(F)(F)F)CC(Cl)C1NC(O)C1CCC(CN)[C@@H](CI)C1. The summed E-state index contributed by atoms with van der Waals surface area (Å²) in [5.41, 5.74) is 1.17. The van der Waals surface area contributed by atoms with Crippen molar-refractivity contribution >= 4 is 34.2 Å². The molecule has 0 aromatic carbocycles. The van der Waals surface area contributed by atoms with Gasteiger partial charge in [0.15, 0.2) is 0 Å². The van der Waals surface area contributed by atoms with Gasteiger partial charge in [-0.15, -0.1) is 11.6 Å². The number of aliphatic hydroxyl groups is 1. The molecule has 11 heteroatoms. The summed E-state index contributed by atoms with van der Waals surface area (Å²) in [7, 11) is 0. The molecule has 3 nitrogen and oxygen atoms in total. The summed E-state index contributed by atoms with van der Waals surface area (Å²) in [5, 5.41) is 12.7. The number of rotatable bonds is 7. The van der Waals surface area contributed by atoms with Crippen LogP contribution in [0.2, 0.25) is 0 Å². The highest BCUT2D eigenvalue weighted by Crippen LogP contribution is 2.54. The largest absolute Gasteiger partial charge is 0.428 e. The lowest BCUT2D eigenvalue weighted by atomic mass is 9.69. The van der Waals surface area contributed by atoms with Crippen molar-refractivity contribution < 1.29 is 31.4 Å². The molecule has 0 amide bonds. The van der Waals surface area contributed by atoms with Crippen molar-refractivity contribution in [2.45, 2.75) is 81.4 Å². The summed E-state index contributed by atoms with van der Waals surface area (Å²) in [6, 6.07) is -0.610. The van der Waals surface area contributed by atoms with Crippen LogP contribution < -0.4 is 11.1 Å². The van der Waals surface area contributed by atoms with Gasteiger partial charge in [0.2, 0.25) is 0 Å². The maximum atomic E-state index is 14.9. The second-order valence-electron chi connectivity index (χ2n) is 9.38. The van der Waals surface area contributed by atoms with E-state index < -0.39 is 60.1 Å². The number of alkyl halides is 8. The van der Waals surface area contributed by atoms with E-state index in [9.17, 15) is 31.4 Å². The Bertz CT molecular complexity index is 567. The normalized spacial score (nSPS) is 38.5. The van der Waals surface area contributed by atoms with Crippen LogP contribution in [0.5, 0.6) is 0 Å². The van der Waals surface area contributed by atoms with Crippen LogP contribution in [-0.4, -0.2) is 51.5 Å². The van der Waals surface area contributed by atoms with Gasteiger partial charge < -0.3 is 10.8 Å². The molecule has 9 atom stereocenters. The summed E-state index contributed by atoms with van der Waals surface area (Å²) in [4.78, 5) is 0. The topological polar surface area (TPSA) is 58.3 Å². The van der Waals surface area contributed by atoms with Crippen molar-refractivity contribution in [1.82, 2.24) is 5.32 Å². The molecular formula is C20H32ClF6IN2O. The molecule has 2 aliphatic rings. The molecule has 184 valence electrons. The molecule has 0 spiro atoms. The lowest BCUT2D eigenvalue weighted by Crippen LogP contribution is -2.63. The van der Waals surface area contributed by atoms with E-state index in [2.05, 4.69) is 27.9 Å². The molecule has 2 saturated carbocycles. The van der Waals surface area contributed by atoms with E-state index in [0.29, 0.717) is 18.4 Å². The van der Waals surface area contributed by atoms with E-state index in [4.69, 9.17) is 17.3 Å². The van der Waals surface area contributed by atoms with Gasteiger partial charge in [0, 0.05) is 28.7 Å². The second-order valence-corrected chi connectivity index (χ2v) is 10.8. The van der Waals surface area contributed by atoms with E-state index >= 15 is 0 Å². The van der Waals surface area contributed by atoms with E-state index in [-0.39, 0.29) is 12.8 Å². The smallest absolute Gasteiger partial charge is 0.378 e. The Morgan fingerprint density at radius 1 is 1.10 bits per heavy atom. The third-order valence-corrected chi connectivity index (χ3v) is 8.85. The maximum absolute atomic E-state index is 14.9. The molecule has 0 aromatic heterocycles. The van der Waals surface area contributed by atoms with Gasteiger partial charge in [0.1, 0.15) is 6.23 Å². The van der Waals surface area contributed by atoms with Gasteiger partial charge in [0.05, 0.1) is 0 Å². The number of nitrogens with two attached hydrogens (primary N) is 1. The number of hydrogen-bond donors (Lipinski definition) is 3. The fourth-order valence-electron chi connectivity index (χ4n) is 5.38. The van der Waals surface area contributed by atoms with E-state index in [0.717, 1.165) is 23.7 Å². The molecule has 0 bridgehead atoms. The first kappa shape index (κ1) is 27.7. The van der Waals surface area contributed by atoms with Crippen LogP contribution in [0.4, 0.5) is 26.3 Å². The van der Waals surface area contributed by atoms with Crippen LogP contribution in [-0.2, 0) is 0 Å². The number of halogens is 8. The Kier molecular flexibility index (Phi) is 9.30. The molecule has 0 radical (unpaired) electrons. The van der Waals surface area contributed by atoms with Gasteiger partial charge in [-0.3, -0.25) is 5.32 Å². The van der Waals surface area contributed by atoms with Gasteiger partial charge in [-0.2, -0.15) is 13.2 Å². The minimum atomic E-state index is -5.72. The number of aliphatic hydroxyl groups excluding tert-OH is 1. The molecule has 4 N–H and O–H groups in total. The molecule has 31 heavy (non-hydrogen) atoms. The zero-order chi connectivity index (χ0) is 23.8. The van der Waals surface area contributed by atoms with Crippen LogP contribution in [0.15, 0.2) is 0 Å². The number of nitrogens with one attached hydrogen (secondary N) is 1. The monoisotopic (exact) mass is 592 g/mol. The zero-order valence-corrected chi connectivity index (χ0v) is 20.5. The highest BCUT2D eigenvalue weighted by atomic mass is 127. The van der Waals surface area contributed by atoms with Gasteiger partial charge in [0.25, 0.3) is 11.6 Å². The van der Waals surface area contributed by atoms with Crippen LogP contribution in [0.3, 0.4) is 0 Å². The molecular weight excluding hydrogens is 561 g/mol.